The minimum atomic E-state index is -0.930. The fourth-order valence-electron chi connectivity index (χ4n) is 5.61. The van der Waals surface area contributed by atoms with E-state index in [0.29, 0.717) is 11.1 Å². The molecule has 5 rings (SSSR count). The molecule has 3 fully saturated rings. The van der Waals surface area contributed by atoms with Crippen LogP contribution in [0.1, 0.15) is 71.2 Å². The Morgan fingerprint density at radius 3 is 2.57 bits per heavy atom. The maximum atomic E-state index is 13.0. The largest absolute Gasteiger partial charge is 0.328 e. The number of hydrogen-bond donors (Lipinski definition) is 2. The normalized spacial score (nSPS) is 31.7. The Bertz CT molecular complexity index is 947. The quantitative estimate of drug-likeness (QED) is 0.717. The summed E-state index contributed by atoms with van der Waals surface area (Å²) in [5.41, 5.74) is 7.92. The van der Waals surface area contributed by atoms with Crippen LogP contribution in [0.4, 0.5) is 0 Å². The van der Waals surface area contributed by atoms with Gasteiger partial charge in [0, 0.05) is 24.5 Å². The first-order valence-electron chi connectivity index (χ1n) is 10.7. The van der Waals surface area contributed by atoms with Crippen molar-refractivity contribution >= 4 is 23.6 Å². The molecular formula is C22H26N4O4. The van der Waals surface area contributed by atoms with Crippen molar-refractivity contribution in [2.75, 3.05) is 6.54 Å². The molecule has 4 amide bonds. The van der Waals surface area contributed by atoms with E-state index in [0.717, 1.165) is 49.2 Å². The van der Waals surface area contributed by atoms with Crippen molar-refractivity contribution in [3.8, 4) is 0 Å². The average molecular weight is 410 g/mol. The second-order valence-electron chi connectivity index (χ2n) is 9.10. The molecule has 3 N–H and O–H groups in total. The predicted molar refractivity (Wildman–Crippen MR) is 107 cm³/mol. The Morgan fingerprint density at radius 2 is 1.83 bits per heavy atom. The Hall–Kier alpha value is -2.58. The highest BCUT2D eigenvalue weighted by molar-refractivity contribution is 6.23. The molecule has 8 nitrogen and oxygen atoms in total. The summed E-state index contributed by atoms with van der Waals surface area (Å²) in [7, 11) is 0. The molecule has 1 aliphatic carbocycles. The number of imide groups is 2. The summed E-state index contributed by atoms with van der Waals surface area (Å²) in [5.74, 6) is -1.88. The Kier molecular flexibility index (Phi) is 4.52. The number of nitrogens with one attached hydrogen (secondary N) is 1. The van der Waals surface area contributed by atoms with E-state index in [9.17, 15) is 19.2 Å². The predicted octanol–water partition coefficient (Wildman–Crippen LogP) is 0.934. The number of likely N-dealkylation sites (tertiary alicyclic amines) is 1. The van der Waals surface area contributed by atoms with Gasteiger partial charge in [0.2, 0.25) is 11.8 Å². The highest BCUT2D eigenvalue weighted by Crippen LogP contribution is 2.44. The molecular weight excluding hydrogens is 384 g/mol. The fraction of sp³-hybridized carbons (Fsp3) is 0.545. The lowest BCUT2D eigenvalue weighted by atomic mass is 9.67. The molecule has 0 aromatic heterocycles. The molecule has 3 aliphatic heterocycles. The van der Waals surface area contributed by atoms with Crippen LogP contribution in [-0.2, 0) is 16.1 Å². The SMILES string of the molecule is NC1CC2(CCCCN2Cc2ccc3c(c2)C(=O)N(C2CCC(=O)NC2=O)C3=O)C1. The summed E-state index contributed by atoms with van der Waals surface area (Å²) in [6.07, 6.45) is 5.85. The van der Waals surface area contributed by atoms with Gasteiger partial charge in [-0.1, -0.05) is 12.5 Å². The number of benzene rings is 1. The van der Waals surface area contributed by atoms with Crippen molar-refractivity contribution in [2.45, 2.75) is 69.1 Å². The van der Waals surface area contributed by atoms with E-state index >= 15 is 0 Å². The van der Waals surface area contributed by atoms with Crippen molar-refractivity contribution in [2.24, 2.45) is 5.73 Å². The van der Waals surface area contributed by atoms with Gasteiger partial charge in [0.1, 0.15) is 6.04 Å². The van der Waals surface area contributed by atoms with Crippen molar-refractivity contribution in [3.63, 3.8) is 0 Å². The molecule has 30 heavy (non-hydrogen) atoms. The molecule has 1 unspecified atom stereocenters. The van der Waals surface area contributed by atoms with E-state index < -0.39 is 23.8 Å². The summed E-state index contributed by atoms with van der Waals surface area (Å²) in [6.45, 7) is 1.74. The third kappa shape index (κ3) is 2.97. The first-order chi connectivity index (χ1) is 14.4. The van der Waals surface area contributed by atoms with E-state index in [1.807, 2.05) is 6.07 Å². The summed E-state index contributed by atoms with van der Waals surface area (Å²) in [5, 5.41) is 2.22. The standard InChI is InChI=1S/C22H26N4O4/c23-14-10-22(11-14)7-1-2-8-25(22)12-13-3-4-15-16(9-13)21(30)26(20(15)29)17-5-6-18(27)24-19(17)28/h3-4,9,14,17H,1-2,5-8,10-12,23H2,(H,24,27,28). The van der Waals surface area contributed by atoms with Crippen molar-refractivity contribution in [3.05, 3.63) is 34.9 Å². The molecule has 1 saturated carbocycles. The highest BCUT2D eigenvalue weighted by Gasteiger charge is 2.48. The van der Waals surface area contributed by atoms with Gasteiger partial charge in [-0.05, 0) is 56.3 Å². The number of nitrogens with zero attached hydrogens (tertiary/aromatic N) is 2. The molecule has 0 radical (unpaired) electrons. The van der Waals surface area contributed by atoms with Gasteiger partial charge in [0.25, 0.3) is 11.8 Å². The van der Waals surface area contributed by atoms with Crippen LogP contribution in [0, 0.1) is 0 Å². The maximum Gasteiger partial charge on any atom is 0.262 e. The van der Waals surface area contributed by atoms with Gasteiger partial charge in [-0.25, -0.2) is 0 Å². The first-order valence-corrected chi connectivity index (χ1v) is 10.7. The number of amides is 4. The average Bonchev–Trinajstić information content (AvgIpc) is 2.93. The third-order valence-electron chi connectivity index (χ3n) is 7.15. The van der Waals surface area contributed by atoms with Crippen molar-refractivity contribution in [1.29, 1.82) is 0 Å². The van der Waals surface area contributed by atoms with Gasteiger partial charge in [-0.15, -0.1) is 0 Å². The summed E-state index contributed by atoms with van der Waals surface area (Å²) in [4.78, 5) is 53.0. The molecule has 4 aliphatic rings. The van der Waals surface area contributed by atoms with Gasteiger partial charge in [-0.2, -0.15) is 0 Å². The zero-order valence-electron chi connectivity index (χ0n) is 16.9. The van der Waals surface area contributed by atoms with Crippen LogP contribution in [0.15, 0.2) is 18.2 Å². The lowest BCUT2D eigenvalue weighted by molar-refractivity contribution is -0.136. The van der Waals surface area contributed by atoms with Crippen LogP contribution < -0.4 is 11.1 Å². The summed E-state index contributed by atoms with van der Waals surface area (Å²) < 4.78 is 0. The number of carbonyl (C=O) groups is 4. The van der Waals surface area contributed by atoms with Crippen LogP contribution >= 0.6 is 0 Å². The number of rotatable bonds is 3. The smallest absolute Gasteiger partial charge is 0.262 e. The van der Waals surface area contributed by atoms with Crippen LogP contribution in [-0.4, -0.2) is 57.6 Å². The number of carbonyl (C=O) groups excluding carboxylic acids is 4. The monoisotopic (exact) mass is 410 g/mol. The molecule has 0 bridgehead atoms. The second kappa shape index (κ2) is 6.99. The van der Waals surface area contributed by atoms with Gasteiger partial charge in [0.15, 0.2) is 0 Å². The second-order valence-corrected chi connectivity index (χ2v) is 9.10. The number of hydrogen-bond acceptors (Lipinski definition) is 6. The van der Waals surface area contributed by atoms with Crippen LogP contribution in [0.5, 0.6) is 0 Å². The van der Waals surface area contributed by atoms with Crippen molar-refractivity contribution < 1.29 is 19.2 Å². The van der Waals surface area contributed by atoms with E-state index in [1.54, 1.807) is 12.1 Å². The summed E-state index contributed by atoms with van der Waals surface area (Å²) in [6, 6.07) is 4.73. The van der Waals surface area contributed by atoms with Gasteiger partial charge < -0.3 is 5.73 Å². The molecule has 158 valence electrons. The number of fused-ring (bicyclic) bond motifs is 1. The molecule has 1 aromatic carbocycles. The lowest BCUT2D eigenvalue weighted by Gasteiger charge is -2.56. The van der Waals surface area contributed by atoms with Crippen LogP contribution in [0.25, 0.3) is 0 Å². The Morgan fingerprint density at radius 1 is 1.07 bits per heavy atom. The van der Waals surface area contributed by atoms with Gasteiger partial charge >= 0.3 is 0 Å². The first kappa shape index (κ1) is 19.4. The molecule has 3 heterocycles. The van der Waals surface area contributed by atoms with Crippen LogP contribution in [0.3, 0.4) is 0 Å². The van der Waals surface area contributed by atoms with E-state index in [2.05, 4.69) is 10.2 Å². The number of piperidine rings is 2. The van der Waals surface area contributed by atoms with Crippen LogP contribution in [0.2, 0.25) is 0 Å². The Balaban J connectivity index is 1.37. The third-order valence-corrected chi connectivity index (χ3v) is 7.15. The molecule has 1 aromatic rings. The zero-order valence-corrected chi connectivity index (χ0v) is 16.9. The minimum absolute atomic E-state index is 0.119. The van der Waals surface area contributed by atoms with E-state index in [1.165, 1.54) is 6.42 Å². The number of nitrogens with two attached hydrogens (primary N) is 1. The molecule has 8 heteroatoms. The highest BCUT2D eigenvalue weighted by atomic mass is 16.2. The molecule has 1 atom stereocenters. The Labute approximate surface area is 174 Å². The zero-order chi connectivity index (χ0) is 21.0. The lowest BCUT2D eigenvalue weighted by Crippen LogP contribution is -2.63. The minimum Gasteiger partial charge on any atom is -0.328 e. The fourth-order valence-corrected chi connectivity index (χ4v) is 5.61. The van der Waals surface area contributed by atoms with Gasteiger partial charge in [0.05, 0.1) is 11.1 Å². The van der Waals surface area contributed by atoms with E-state index in [4.69, 9.17) is 5.73 Å². The maximum absolute atomic E-state index is 13.0. The van der Waals surface area contributed by atoms with Gasteiger partial charge in [-0.3, -0.25) is 34.3 Å². The van der Waals surface area contributed by atoms with Crippen molar-refractivity contribution in [1.82, 2.24) is 15.1 Å². The van der Waals surface area contributed by atoms with E-state index in [-0.39, 0.29) is 30.3 Å². The summed E-state index contributed by atoms with van der Waals surface area (Å²) >= 11 is 0. The topological polar surface area (TPSA) is 113 Å². The molecule has 1 spiro atoms. The molecule has 2 saturated heterocycles.